The quantitative estimate of drug-likeness (QED) is 0.744. The molecule has 0 aliphatic heterocycles. The summed E-state index contributed by atoms with van der Waals surface area (Å²) in [4.78, 5) is 0. The van der Waals surface area contributed by atoms with Crippen molar-refractivity contribution in [1.82, 2.24) is 0 Å². The van der Waals surface area contributed by atoms with Gasteiger partial charge < -0.3 is 14.8 Å². The Hall–Kier alpha value is -2.14. The minimum absolute atomic E-state index is 0.107. The number of hydrogen-bond donors (Lipinski definition) is 1. The Bertz CT molecular complexity index is 719. The molecule has 0 atom stereocenters. The smallest absolute Gasteiger partial charge is 0.261 e. The predicted molar refractivity (Wildman–Crippen MR) is 99.1 cm³/mol. The van der Waals surface area contributed by atoms with Gasteiger partial charge in [0.1, 0.15) is 18.2 Å². The maximum atomic E-state index is 14.2. The molecular formula is C19H22FNO2S. The van der Waals surface area contributed by atoms with Crippen molar-refractivity contribution in [3.8, 4) is 5.75 Å². The van der Waals surface area contributed by atoms with Crippen LogP contribution in [0.4, 0.5) is 10.1 Å². The van der Waals surface area contributed by atoms with Gasteiger partial charge in [-0.25, -0.2) is 4.39 Å². The molecule has 0 saturated heterocycles. The topological polar surface area (TPSA) is 30.5 Å². The third kappa shape index (κ3) is 4.68. The van der Waals surface area contributed by atoms with E-state index in [1.807, 2.05) is 26.0 Å². The van der Waals surface area contributed by atoms with Crippen LogP contribution in [0.2, 0.25) is 0 Å². The molecule has 0 fully saturated rings. The molecule has 24 heavy (non-hydrogen) atoms. The van der Waals surface area contributed by atoms with E-state index in [0.717, 1.165) is 17.7 Å². The Morgan fingerprint density at radius 3 is 2.67 bits per heavy atom. The van der Waals surface area contributed by atoms with Crippen LogP contribution in [0.1, 0.15) is 30.5 Å². The minimum Gasteiger partial charge on any atom is -0.488 e. The fourth-order valence-electron chi connectivity index (χ4n) is 2.34. The van der Waals surface area contributed by atoms with Crippen molar-refractivity contribution in [3.05, 3.63) is 58.9 Å². The van der Waals surface area contributed by atoms with Crippen LogP contribution < -0.4 is 10.1 Å². The van der Waals surface area contributed by atoms with Gasteiger partial charge in [-0.05, 0) is 61.8 Å². The molecule has 0 saturated carbocycles. The summed E-state index contributed by atoms with van der Waals surface area (Å²) in [5.41, 5.74) is 3.25. The molecule has 2 aromatic rings. The predicted octanol–water partition coefficient (Wildman–Crippen LogP) is 5.01. The van der Waals surface area contributed by atoms with Crippen molar-refractivity contribution in [3.63, 3.8) is 0 Å². The van der Waals surface area contributed by atoms with E-state index < -0.39 is 0 Å². The van der Waals surface area contributed by atoms with Crippen LogP contribution in [-0.4, -0.2) is 11.8 Å². The highest BCUT2D eigenvalue weighted by molar-refractivity contribution is 7.80. The molecule has 0 spiro atoms. The monoisotopic (exact) mass is 347 g/mol. The summed E-state index contributed by atoms with van der Waals surface area (Å²) in [6.07, 6.45) is 0.970. The first kappa shape index (κ1) is 18.2. The summed E-state index contributed by atoms with van der Waals surface area (Å²) in [6, 6.07) is 10.8. The van der Waals surface area contributed by atoms with E-state index in [-0.39, 0.29) is 17.6 Å². The van der Waals surface area contributed by atoms with Gasteiger partial charge in [0, 0.05) is 5.56 Å². The Labute approximate surface area is 147 Å². The first-order chi connectivity index (χ1) is 11.5. The van der Waals surface area contributed by atoms with E-state index in [1.165, 1.54) is 11.6 Å². The minimum atomic E-state index is -0.345. The zero-order chi connectivity index (χ0) is 17.5. The average Bonchev–Trinajstić information content (AvgIpc) is 2.55. The largest absolute Gasteiger partial charge is 0.488 e. The highest BCUT2D eigenvalue weighted by Crippen LogP contribution is 2.24. The molecule has 1 N–H and O–H groups in total. The first-order valence-electron chi connectivity index (χ1n) is 7.98. The van der Waals surface area contributed by atoms with Crippen molar-refractivity contribution in [2.24, 2.45) is 0 Å². The van der Waals surface area contributed by atoms with Gasteiger partial charge in [-0.1, -0.05) is 25.1 Å². The summed E-state index contributed by atoms with van der Waals surface area (Å²) in [5.74, 6) is 0.399. The van der Waals surface area contributed by atoms with Gasteiger partial charge in [0.2, 0.25) is 0 Å². The zero-order valence-electron chi connectivity index (χ0n) is 14.2. The van der Waals surface area contributed by atoms with Crippen molar-refractivity contribution >= 4 is 23.1 Å². The molecule has 0 aliphatic carbocycles. The lowest BCUT2D eigenvalue weighted by molar-refractivity contribution is 0.298. The van der Waals surface area contributed by atoms with Crippen molar-refractivity contribution in [2.75, 3.05) is 11.9 Å². The Morgan fingerprint density at radius 2 is 2.00 bits per heavy atom. The highest BCUT2D eigenvalue weighted by Gasteiger charge is 2.12. The van der Waals surface area contributed by atoms with E-state index in [1.54, 1.807) is 12.1 Å². The number of hydrogen-bond acceptors (Lipinski definition) is 3. The number of rotatable bonds is 6. The summed E-state index contributed by atoms with van der Waals surface area (Å²) < 4.78 is 25.2. The molecular weight excluding hydrogens is 325 g/mol. The second kappa shape index (κ2) is 8.64. The van der Waals surface area contributed by atoms with Gasteiger partial charge >= 0.3 is 0 Å². The zero-order valence-corrected chi connectivity index (χ0v) is 15.0. The number of aryl methyl sites for hydroxylation is 2. The number of nitrogens with one attached hydrogen (secondary N) is 1. The summed E-state index contributed by atoms with van der Waals surface area (Å²) in [7, 11) is 0. The molecule has 2 aromatic carbocycles. The number of anilines is 1. The number of ether oxygens (including phenoxy) is 2. The van der Waals surface area contributed by atoms with Crippen LogP contribution >= 0.6 is 12.2 Å². The molecule has 5 heteroatoms. The summed E-state index contributed by atoms with van der Waals surface area (Å²) in [5, 5.41) is 3.13. The lowest BCUT2D eigenvalue weighted by atomic mass is 10.1. The van der Waals surface area contributed by atoms with Gasteiger partial charge in [-0.3, -0.25) is 0 Å². The Balaban J connectivity index is 2.16. The van der Waals surface area contributed by atoms with Gasteiger partial charge in [-0.2, -0.15) is 0 Å². The average molecular weight is 347 g/mol. The molecule has 0 aromatic heterocycles. The van der Waals surface area contributed by atoms with Crippen LogP contribution in [0.3, 0.4) is 0 Å². The normalized spacial score (nSPS) is 10.3. The standard InChI is InChI=1S/C19H22FNO2S/c1-4-14-9-10-18(13(3)11-14)23-12-15-16(20)7-6-8-17(15)21-19(24)22-5-2/h6-11H,4-5,12H2,1-3H3,(H,21,24). The Morgan fingerprint density at radius 1 is 1.21 bits per heavy atom. The van der Waals surface area contributed by atoms with E-state index in [9.17, 15) is 4.39 Å². The summed E-state index contributed by atoms with van der Waals surface area (Å²) in [6.45, 7) is 6.49. The van der Waals surface area contributed by atoms with Gasteiger partial charge in [0.25, 0.3) is 5.17 Å². The maximum Gasteiger partial charge on any atom is 0.261 e. The van der Waals surface area contributed by atoms with Crippen LogP contribution in [-0.2, 0) is 17.8 Å². The third-order valence-corrected chi connectivity index (χ3v) is 3.87. The second-order valence-corrected chi connectivity index (χ2v) is 5.72. The van der Waals surface area contributed by atoms with E-state index in [2.05, 4.69) is 18.3 Å². The van der Waals surface area contributed by atoms with Crippen LogP contribution in [0.15, 0.2) is 36.4 Å². The molecule has 2 rings (SSSR count). The molecule has 0 bridgehead atoms. The van der Waals surface area contributed by atoms with E-state index in [4.69, 9.17) is 21.7 Å². The van der Waals surface area contributed by atoms with Crippen LogP contribution in [0.5, 0.6) is 5.75 Å². The Kier molecular flexibility index (Phi) is 6.55. The fourth-order valence-corrected chi connectivity index (χ4v) is 2.57. The van der Waals surface area contributed by atoms with Crippen LogP contribution in [0.25, 0.3) is 0 Å². The molecule has 0 unspecified atom stereocenters. The lowest BCUT2D eigenvalue weighted by Crippen LogP contribution is -2.15. The first-order valence-corrected chi connectivity index (χ1v) is 8.39. The van der Waals surface area contributed by atoms with Crippen LogP contribution in [0, 0.1) is 12.7 Å². The lowest BCUT2D eigenvalue weighted by Gasteiger charge is -2.15. The molecule has 0 radical (unpaired) electrons. The molecule has 0 heterocycles. The molecule has 3 nitrogen and oxygen atoms in total. The van der Waals surface area contributed by atoms with Crippen molar-refractivity contribution < 1.29 is 13.9 Å². The van der Waals surface area contributed by atoms with Gasteiger partial charge in [0.05, 0.1) is 12.3 Å². The van der Waals surface area contributed by atoms with E-state index >= 15 is 0 Å². The van der Waals surface area contributed by atoms with E-state index in [0.29, 0.717) is 17.9 Å². The number of thiocarbonyl (C=S) groups is 1. The number of benzene rings is 2. The molecule has 0 amide bonds. The summed E-state index contributed by atoms with van der Waals surface area (Å²) >= 11 is 5.07. The fraction of sp³-hybridized carbons (Fsp3) is 0.316. The van der Waals surface area contributed by atoms with Crippen molar-refractivity contribution in [2.45, 2.75) is 33.8 Å². The number of halogens is 1. The molecule has 128 valence electrons. The highest BCUT2D eigenvalue weighted by atomic mass is 32.1. The van der Waals surface area contributed by atoms with Gasteiger partial charge in [0.15, 0.2) is 0 Å². The maximum absolute atomic E-state index is 14.2. The second-order valence-electron chi connectivity index (χ2n) is 5.35. The van der Waals surface area contributed by atoms with Crippen molar-refractivity contribution in [1.29, 1.82) is 0 Å². The third-order valence-electron chi connectivity index (χ3n) is 3.65. The molecule has 0 aliphatic rings. The van der Waals surface area contributed by atoms with Gasteiger partial charge in [-0.15, -0.1) is 0 Å². The SMILES string of the molecule is CCOC(=S)Nc1cccc(F)c1COc1ccc(CC)cc1C.